The van der Waals surface area contributed by atoms with Crippen molar-refractivity contribution < 1.29 is 4.74 Å². The quantitative estimate of drug-likeness (QED) is 0.790. The van der Waals surface area contributed by atoms with Crippen LogP contribution in [0.2, 0.25) is 0 Å². The number of rotatable bonds is 4. The smallest absolute Gasteiger partial charge is 0.132 e. The van der Waals surface area contributed by atoms with Gasteiger partial charge in [0.2, 0.25) is 0 Å². The Labute approximate surface area is 122 Å². The fraction of sp³-hybridized carbons (Fsp3) is 0.188. The van der Waals surface area contributed by atoms with Crippen molar-refractivity contribution in [2.45, 2.75) is 19.6 Å². The van der Waals surface area contributed by atoms with Crippen LogP contribution in [-0.2, 0) is 6.61 Å². The van der Waals surface area contributed by atoms with Gasteiger partial charge in [0, 0.05) is 23.2 Å². The van der Waals surface area contributed by atoms with Gasteiger partial charge in [-0.05, 0) is 12.3 Å². The van der Waals surface area contributed by atoms with Gasteiger partial charge in [-0.15, -0.1) is 11.3 Å². The maximum Gasteiger partial charge on any atom is 0.132 e. The molecule has 0 aliphatic carbocycles. The van der Waals surface area contributed by atoms with Gasteiger partial charge < -0.3 is 10.5 Å². The molecule has 0 fully saturated rings. The van der Waals surface area contributed by atoms with Crippen molar-refractivity contribution in [3.63, 3.8) is 0 Å². The summed E-state index contributed by atoms with van der Waals surface area (Å²) >= 11 is 1.59. The highest BCUT2D eigenvalue weighted by molar-refractivity contribution is 7.09. The van der Waals surface area contributed by atoms with Crippen LogP contribution < -0.4 is 10.5 Å². The summed E-state index contributed by atoms with van der Waals surface area (Å²) in [5, 5.41) is 2.27. The van der Waals surface area contributed by atoms with Crippen LogP contribution in [0, 0.1) is 0 Å². The molecule has 20 heavy (non-hydrogen) atoms. The van der Waals surface area contributed by atoms with Crippen molar-refractivity contribution >= 4 is 22.1 Å². The summed E-state index contributed by atoms with van der Waals surface area (Å²) in [6, 6.07) is 12.3. The second-order valence-corrected chi connectivity index (χ2v) is 5.72. The molecule has 1 atom stereocenters. The molecule has 0 aliphatic heterocycles. The van der Waals surface area contributed by atoms with E-state index >= 15 is 0 Å². The number of benzene rings is 2. The van der Waals surface area contributed by atoms with E-state index in [0.29, 0.717) is 6.61 Å². The number of aromatic nitrogens is 1. The van der Waals surface area contributed by atoms with Crippen LogP contribution in [-0.4, -0.2) is 4.98 Å². The van der Waals surface area contributed by atoms with Crippen LogP contribution in [0.25, 0.3) is 10.8 Å². The minimum Gasteiger partial charge on any atom is -0.487 e. The summed E-state index contributed by atoms with van der Waals surface area (Å²) < 4.78 is 6.05. The van der Waals surface area contributed by atoms with E-state index in [1.807, 2.05) is 30.8 Å². The third kappa shape index (κ3) is 2.53. The van der Waals surface area contributed by atoms with E-state index in [9.17, 15) is 0 Å². The molecule has 102 valence electrons. The van der Waals surface area contributed by atoms with Crippen molar-refractivity contribution in [3.8, 4) is 5.75 Å². The first-order valence-electron chi connectivity index (χ1n) is 6.53. The van der Waals surface area contributed by atoms with E-state index in [1.165, 1.54) is 0 Å². The number of hydrogen-bond acceptors (Lipinski definition) is 4. The second-order valence-electron chi connectivity index (χ2n) is 4.75. The lowest BCUT2D eigenvalue weighted by Gasteiger charge is -2.16. The highest BCUT2D eigenvalue weighted by Crippen LogP contribution is 2.33. The zero-order chi connectivity index (χ0) is 13.9. The van der Waals surface area contributed by atoms with Gasteiger partial charge >= 0.3 is 0 Å². The van der Waals surface area contributed by atoms with E-state index in [4.69, 9.17) is 10.5 Å². The Hall–Kier alpha value is -1.91. The van der Waals surface area contributed by atoms with Gasteiger partial charge in [-0.25, -0.2) is 0 Å². The molecule has 3 nitrogen and oxygen atoms in total. The first kappa shape index (κ1) is 13.1. The van der Waals surface area contributed by atoms with Crippen molar-refractivity contribution in [1.82, 2.24) is 4.98 Å². The Kier molecular flexibility index (Phi) is 3.67. The standard InChI is InChI=1S/C16H16N2OS/c1-11(17)14-7-6-12-4-2-3-5-15(12)16(14)19-9-13-8-18-10-20-13/h2-8,10-11H,9,17H2,1H3/t11-/m0/s1. The van der Waals surface area contributed by atoms with Crippen molar-refractivity contribution in [2.75, 3.05) is 0 Å². The molecule has 0 bridgehead atoms. The van der Waals surface area contributed by atoms with Crippen LogP contribution in [0.1, 0.15) is 23.4 Å². The lowest BCUT2D eigenvalue weighted by atomic mass is 10.0. The predicted octanol–water partition coefficient (Wildman–Crippen LogP) is 3.90. The van der Waals surface area contributed by atoms with Crippen LogP contribution in [0.5, 0.6) is 5.75 Å². The SMILES string of the molecule is C[C@H](N)c1ccc2ccccc2c1OCc1cncs1. The van der Waals surface area contributed by atoms with Crippen LogP contribution in [0.3, 0.4) is 0 Å². The summed E-state index contributed by atoms with van der Waals surface area (Å²) in [7, 11) is 0. The van der Waals surface area contributed by atoms with Gasteiger partial charge in [0.1, 0.15) is 12.4 Å². The summed E-state index contributed by atoms with van der Waals surface area (Å²) in [4.78, 5) is 5.17. The number of nitrogens with two attached hydrogens (primary N) is 1. The Morgan fingerprint density at radius 2 is 2.10 bits per heavy atom. The molecule has 3 rings (SSSR count). The molecule has 0 amide bonds. The lowest BCUT2D eigenvalue weighted by molar-refractivity contribution is 0.308. The summed E-state index contributed by atoms with van der Waals surface area (Å²) in [5.41, 5.74) is 8.91. The molecule has 1 heterocycles. The third-order valence-corrected chi connectivity index (χ3v) is 4.00. The van der Waals surface area contributed by atoms with Crippen LogP contribution in [0.15, 0.2) is 48.1 Å². The van der Waals surface area contributed by atoms with Gasteiger partial charge in [-0.2, -0.15) is 0 Å². The van der Waals surface area contributed by atoms with E-state index in [-0.39, 0.29) is 6.04 Å². The first-order chi connectivity index (χ1) is 9.75. The topological polar surface area (TPSA) is 48.1 Å². The molecular formula is C16H16N2OS. The molecule has 0 unspecified atom stereocenters. The third-order valence-electron chi connectivity index (χ3n) is 3.24. The van der Waals surface area contributed by atoms with Crippen molar-refractivity contribution in [2.24, 2.45) is 5.73 Å². The molecule has 2 aromatic carbocycles. The minimum absolute atomic E-state index is 0.0592. The molecular weight excluding hydrogens is 268 g/mol. The molecule has 3 aromatic rings. The first-order valence-corrected chi connectivity index (χ1v) is 7.41. The van der Waals surface area contributed by atoms with Crippen LogP contribution >= 0.6 is 11.3 Å². The predicted molar refractivity (Wildman–Crippen MR) is 83.0 cm³/mol. The van der Waals surface area contributed by atoms with Crippen molar-refractivity contribution in [1.29, 1.82) is 0 Å². The fourth-order valence-electron chi connectivity index (χ4n) is 2.24. The number of fused-ring (bicyclic) bond motifs is 1. The fourth-order valence-corrected chi connectivity index (χ4v) is 2.74. The molecule has 0 aliphatic rings. The Morgan fingerprint density at radius 3 is 2.85 bits per heavy atom. The molecule has 0 saturated heterocycles. The largest absolute Gasteiger partial charge is 0.487 e. The van der Waals surface area contributed by atoms with Gasteiger partial charge in [-0.3, -0.25) is 4.98 Å². The van der Waals surface area contributed by atoms with Gasteiger partial charge in [0.15, 0.2) is 0 Å². The molecule has 1 aromatic heterocycles. The minimum atomic E-state index is -0.0592. The number of thiazole rings is 1. The number of ether oxygens (including phenoxy) is 1. The Balaban J connectivity index is 2.03. The highest BCUT2D eigenvalue weighted by Gasteiger charge is 2.12. The Morgan fingerprint density at radius 1 is 1.25 bits per heavy atom. The zero-order valence-electron chi connectivity index (χ0n) is 11.2. The number of hydrogen-bond donors (Lipinski definition) is 1. The molecule has 0 spiro atoms. The molecule has 2 N–H and O–H groups in total. The summed E-state index contributed by atoms with van der Waals surface area (Å²) in [6.45, 7) is 2.50. The maximum atomic E-state index is 6.06. The summed E-state index contributed by atoms with van der Waals surface area (Å²) in [6.07, 6.45) is 1.83. The van der Waals surface area contributed by atoms with Crippen LogP contribution in [0.4, 0.5) is 0 Å². The van der Waals surface area contributed by atoms with Gasteiger partial charge in [0.05, 0.1) is 10.4 Å². The second kappa shape index (κ2) is 5.61. The van der Waals surface area contributed by atoms with E-state index in [2.05, 4.69) is 29.2 Å². The molecule has 4 heteroatoms. The Bertz CT molecular complexity index is 708. The van der Waals surface area contributed by atoms with Crippen molar-refractivity contribution in [3.05, 3.63) is 58.5 Å². The normalized spacial score (nSPS) is 12.5. The zero-order valence-corrected chi connectivity index (χ0v) is 12.1. The average Bonchev–Trinajstić information content (AvgIpc) is 2.97. The highest BCUT2D eigenvalue weighted by atomic mass is 32.1. The van der Waals surface area contributed by atoms with E-state index < -0.39 is 0 Å². The lowest BCUT2D eigenvalue weighted by Crippen LogP contribution is -2.08. The molecule has 0 radical (unpaired) electrons. The monoisotopic (exact) mass is 284 g/mol. The maximum absolute atomic E-state index is 6.06. The van der Waals surface area contributed by atoms with E-state index in [0.717, 1.165) is 27.0 Å². The van der Waals surface area contributed by atoms with Gasteiger partial charge in [0.25, 0.3) is 0 Å². The molecule has 0 saturated carbocycles. The van der Waals surface area contributed by atoms with Gasteiger partial charge in [-0.1, -0.05) is 36.4 Å². The average molecular weight is 284 g/mol. The van der Waals surface area contributed by atoms with E-state index in [1.54, 1.807) is 11.3 Å². The number of nitrogens with zero attached hydrogens (tertiary/aromatic N) is 1. The summed E-state index contributed by atoms with van der Waals surface area (Å²) in [5.74, 6) is 0.881.